The second kappa shape index (κ2) is 8.39. The van der Waals surface area contributed by atoms with E-state index in [0.29, 0.717) is 18.3 Å². The number of rotatable bonds is 5. The van der Waals surface area contributed by atoms with Crippen molar-refractivity contribution in [3.05, 3.63) is 34.4 Å². The Morgan fingerprint density at radius 3 is 2.21 bits per heavy atom. The highest BCUT2D eigenvalue weighted by Gasteiger charge is 2.24. The molecule has 7 heteroatoms. The predicted octanol–water partition coefficient (Wildman–Crippen LogP) is 2.24. The Morgan fingerprint density at radius 2 is 1.64 bits per heavy atom. The van der Waals surface area contributed by atoms with Gasteiger partial charge in [-0.2, -0.15) is 5.10 Å². The normalized spacial score (nSPS) is 15.5. The van der Waals surface area contributed by atoms with Gasteiger partial charge in [0.2, 0.25) is 5.91 Å². The van der Waals surface area contributed by atoms with Crippen LogP contribution in [0.3, 0.4) is 0 Å². The standard InChI is InChI=1S/C21H32N6O/c1-14(2)13-25-7-9-26(10-8-25)20(28)12-19-17(5)24-27(18(19)6)21-22-15(3)11-16(4)23-21/h11,14H,7-10,12-13H2,1-6H3. The molecule has 0 saturated carbocycles. The molecule has 0 aliphatic carbocycles. The molecule has 3 rings (SSSR count). The van der Waals surface area contributed by atoms with Gasteiger partial charge in [-0.25, -0.2) is 14.6 Å². The average Bonchev–Trinajstić information content (AvgIpc) is 2.89. The number of aryl methyl sites for hydroxylation is 3. The maximum Gasteiger partial charge on any atom is 0.251 e. The summed E-state index contributed by atoms with van der Waals surface area (Å²) in [5, 5.41) is 4.62. The van der Waals surface area contributed by atoms with E-state index in [-0.39, 0.29) is 5.91 Å². The second-order valence-corrected chi connectivity index (χ2v) is 8.26. The smallest absolute Gasteiger partial charge is 0.251 e. The summed E-state index contributed by atoms with van der Waals surface area (Å²) in [5.74, 6) is 1.40. The number of carbonyl (C=O) groups excluding carboxylic acids is 1. The Balaban J connectivity index is 1.71. The first-order valence-electron chi connectivity index (χ1n) is 10.1. The Morgan fingerprint density at radius 1 is 1.04 bits per heavy atom. The van der Waals surface area contributed by atoms with Gasteiger partial charge in [0.1, 0.15) is 0 Å². The highest BCUT2D eigenvalue weighted by molar-refractivity contribution is 5.79. The van der Waals surface area contributed by atoms with E-state index >= 15 is 0 Å². The Labute approximate surface area is 167 Å². The van der Waals surface area contributed by atoms with E-state index in [0.717, 1.165) is 61.1 Å². The molecule has 0 atom stereocenters. The van der Waals surface area contributed by atoms with E-state index in [1.807, 2.05) is 38.7 Å². The van der Waals surface area contributed by atoms with Crippen LogP contribution in [-0.4, -0.2) is 68.2 Å². The van der Waals surface area contributed by atoms with Crippen LogP contribution in [0, 0.1) is 33.6 Å². The molecule has 7 nitrogen and oxygen atoms in total. The highest BCUT2D eigenvalue weighted by atomic mass is 16.2. The van der Waals surface area contributed by atoms with Crippen LogP contribution in [0.25, 0.3) is 5.95 Å². The summed E-state index contributed by atoms with van der Waals surface area (Å²) in [5.41, 5.74) is 4.61. The van der Waals surface area contributed by atoms with Crippen molar-refractivity contribution < 1.29 is 4.79 Å². The third kappa shape index (κ3) is 4.58. The van der Waals surface area contributed by atoms with Gasteiger partial charge in [0.15, 0.2) is 0 Å². The molecule has 0 bridgehead atoms. The summed E-state index contributed by atoms with van der Waals surface area (Å²) in [6.07, 6.45) is 0.382. The topological polar surface area (TPSA) is 67.2 Å². The fourth-order valence-electron chi connectivity index (χ4n) is 3.89. The number of piperazine rings is 1. The lowest BCUT2D eigenvalue weighted by molar-refractivity contribution is -0.132. The van der Waals surface area contributed by atoms with Gasteiger partial charge < -0.3 is 4.90 Å². The van der Waals surface area contributed by atoms with Crippen LogP contribution in [-0.2, 0) is 11.2 Å². The molecule has 0 N–H and O–H groups in total. The van der Waals surface area contributed by atoms with Crippen molar-refractivity contribution in [3.8, 4) is 5.95 Å². The molecule has 1 aliphatic heterocycles. The Hall–Kier alpha value is -2.28. The molecule has 0 aromatic carbocycles. The Kier molecular flexibility index (Phi) is 6.13. The molecule has 2 aromatic rings. The third-order valence-corrected chi connectivity index (χ3v) is 5.28. The minimum Gasteiger partial charge on any atom is -0.340 e. The first-order chi connectivity index (χ1) is 13.2. The monoisotopic (exact) mass is 384 g/mol. The van der Waals surface area contributed by atoms with E-state index in [9.17, 15) is 4.79 Å². The molecule has 3 heterocycles. The van der Waals surface area contributed by atoms with Crippen molar-refractivity contribution in [1.29, 1.82) is 0 Å². The maximum atomic E-state index is 12.9. The number of carbonyl (C=O) groups is 1. The van der Waals surface area contributed by atoms with Crippen molar-refractivity contribution >= 4 is 5.91 Å². The van der Waals surface area contributed by atoms with Crippen LogP contribution in [0.15, 0.2) is 6.07 Å². The highest BCUT2D eigenvalue weighted by Crippen LogP contribution is 2.18. The minimum absolute atomic E-state index is 0.177. The van der Waals surface area contributed by atoms with Gasteiger partial charge in [0.05, 0.1) is 12.1 Å². The third-order valence-electron chi connectivity index (χ3n) is 5.28. The number of amides is 1. The molecular weight excluding hydrogens is 352 g/mol. The largest absolute Gasteiger partial charge is 0.340 e. The fraction of sp³-hybridized carbons (Fsp3) is 0.619. The van der Waals surface area contributed by atoms with Gasteiger partial charge >= 0.3 is 0 Å². The molecule has 152 valence electrons. The lowest BCUT2D eigenvalue weighted by Gasteiger charge is -2.35. The van der Waals surface area contributed by atoms with E-state index in [4.69, 9.17) is 0 Å². The van der Waals surface area contributed by atoms with Crippen LogP contribution in [0.1, 0.15) is 42.2 Å². The first-order valence-corrected chi connectivity index (χ1v) is 10.1. The van der Waals surface area contributed by atoms with Crippen molar-refractivity contribution in [2.24, 2.45) is 5.92 Å². The molecular formula is C21H32N6O. The lowest BCUT2D eigenvalue weighted by atomic mass is 10.1. The van der Waals surface area contributed by atoms with Gasteiger partial charge in [0.25, 0.3) is 5.95 Å². The van der Waals surface area contributed by atoms with E-state index < -0.39 is 0 Å². The van der Waals surface area contributed by atoms with Crippen LogP contribution in [0.5, 0.6) is 0 Å². The predicted molar refractivity (Wildman–Crippen MR) is 110 cm³/mol. The fourth-order valence-corrected chi connectivity index (χ4v) is 3.89. The van der Waals surface area contributed by atoms with Crippen molar-refractivity contribution in [2.45, 2.75) is 48.0 Å². The molecule has 2 aromatic heterocycles. The molecule has 1 fully saturated rings. The van der Waals surface area contributed by atoms with Gasteiger partial charge in [-0.05, 0) is 39.7 Å². The first kappa shape index (κ1) is 20.5. The molecule has 1 saturated heterocycles. The van der Waals surface area contributed by atoms with E-state index in [1.165, 1.54) is 0 Å². The zero-order valence-electron chi connectivity index (χ0n) is 18.0. The SMILES string of the molecule is Cc1cc(C)nc(-n2nc(C)c(CC(=O)N3CCN(CC(C)C)CC3)c2C)n1. The number of nitrogens with zero attached hydrogens (tertiary/aromatic N) is 6. The quantitative estimate of drug-likeness (QED) is 0.791. The summed E-state index contributed by atoms with van der Waals surface area (Å²) in [4.78, 5) is 26.3. The van der Waals surface area contributed by atoms with Crippen molar-refractivity contribution in [1.82, 2.24) is 29.5 Å². The zero-order valence-corrected chi connectivity index (χ0v) is 18.0. The summed E-state index contributed by atoms with van der Waals surface area (Å²) < 4.78 is 1.76. The maximum absolute atomic E-state index is 12.9. The van der Waals surface area contributed by atoms with E-state index in [1.54, 1.807) is 4.68 Å². The van der Waals surface area contributed by atoms with Crippen LogP contribution < -0.4 is 0 Å². The van der Waals surface area contributed by atoms with E-state index in [2.05, 4.69) is 33.8 Å². The number of hydrogen-bond acceptors (Lipinski definition) is 5. The second-order valence-electron chi connectivity index (χ2n) is 8.26. The summed E-state index contributed by atoms with van der Waals surface area (Å²) >= 11 is 0. The average molecular weight is 385 g/mol. The summed E-state index contributed by atoms with van der Waals surface area (Å²) in [7, 11) is 0. The van der Waals surface area contributed by atoms with Crippen molar-refractivity contribution in [2.75, 3.05) is 32.7 Å². The minimum atomic E-state index is 0.177. The van der Waals surface area contributed by atoms with Gasteiger partial charge in [-0.15, -0.1) is 0 Å². The van der Waals surface area contributed by atoms with Gasteiger partial charge in [-0.1, -0.05) is 13.8 Å². The molecule has 0 unspecified atom stereocenters. The lowest BCUT2D eigenvalue weighted by Crippen LogP contribution is -2.49. The molecule has 1 aliphatic rings. The molecule has 0 spiro atoms. The summed E-state index contributed by atoms with van der Waals surface area (Å²) in [6.45, 7) is 16.9. The molecule has 28 heavy (non-hydrogen) atoms. The van der Waals surface area contributed by atoms with Crippen LogP contribution >= 0.6 is 0 Å². The zero-order chi connectivity index (χ0) is 20.4. The Bertz CT molecular complexity index is 829. The van der Waals surface area contributed by atoms with Crippen LogP contribution in [0.4, 0.5) is 0 Å². The number of aromatic nitrogens is 4. The van der Waals surface area contributed by atoms with Crippen LogP contribution in [0.2, 0.25) is 0 Å². The molecule has 1 amide bonds. The van der Waals surface area contributed by atoms with Gasteiger partial charge in [-0.3, -0.25) is 9.69 Å². The van der Waals surface area contributed by atoms with Gasteiger partial charge in [0, 0.05) is 55.4 Å². The van der Waals surface area contributed by atoms with Crippen molar-refractivity contribution in [3.63, 3.8) is 0 Å². The molecule has 0 radical (unpaired) electrons. The number of hydrogen-bond donors (Lipinski definition) is 0. The summed E-state index contributed by atoms with van der Waals surface area (Å²) in [6, 6.07) is 1.94.